The Morgan fingerprint density at radius 1 is 1.33 bits per heavy atom. The quantitative estimate of drug-likeness (QED) is 0.775. The van der Waals surface area contributed by atoms with Crippen molar-refractivity contribution in [2.75, 3.05) is 4.90 Å². The molecule has 1 aliphatic heterocycles. The molecule has 7 heteroatoms. The lowest BCUT2D eigenvalue weighted by Gasteiger charge is -2.20. The van der Waals surface area contributed by atoms with Gasteiger partial charge in [0.05, 0.1) is 5.69 Å². The van der Waals surface area contributed by atoms with Crippen molar-refractivity contribution < 1.29 is 9.59 Å². The number of benzene rings is 1. The third-order valence-corrected chi connectivity index (χ3v) is 5.00. The van der Waals surface area contributed by atoms with Gasteiger partial charge in [0.25, 0.3) is 5.56 Å². The zero-order valence-electron chi connectivity index (χ0n) is 15.7. The number of aromatic nitrogens is 2. The maximum Gasteiger partial charge on any atom is 0.285 e. The minimum atomic E-state index is -0.563. The SMILES string of the molecule is CC(=O)N1c2ccc(C(=O)Cn3nc(C)c(C)c(C#N)c3=O)cc2C[C@@H]1C. The lowest BCUT2D eigenvalue weighted by Crippen LogP contribution is -2.33. The smallest absolute Gasteiger partial charge is 0.285 e. The number of carbonyl (C=O) groups is 2. The first-order valence-electron chi connectivity index (χ1n) is 8.69. The Labute approximate surface area is 156 Å². The molecule has 0 unspecified atom stereocenters. The van der Waals surface area contributed by atoms with Crippen LogP contribution in [0.1, 0.15) is 46.6 Å². The van der Waals surface area contributed by atoms with E-state index in [-0.39, 0.29) is 29.8 Å². The molecular formula is C20H20N4O3. The number of ketones is 1. The zero-order chi connectivity index (χ0) is 19.9. The first-order chi connectivity index (χ1) is 12.7. The lowest BCUT2D eigenvalue weighted by molar-refractivity contribution is -0.116. The maximum atomic E-state index is 12.7. The number of hydrogen-bond donors (Lipinski definition) is 0. The van der Waals surface area contributed by atoms with E-state index < -0.39 is 5.56 Å². The molecule has 1 aliphatic rings. The highest BCUT2D eigenvalue weighted by atomic mass is 16.2. The van der Waals surface area contributed by atoms with Crippen LogP contribution in [0.4, 0.5) is 5.69 Å². The number of amides is 1. The number of Topliss-reactive ketones (excluding diaryl/α,β-unsaturated/α-hetero) is 1. The molecule has 138 valence electrons. The number of nitriles is 1. The molecule has 0 bridgehead atoms. The topological polar surface area (TPSA) is 96.1 Å². The summed E-state index contributed by atoms with van der Waals surface area (Å²) in [5.41, 5.74) is 2.72. The average molecular weight is 364 g/mol. The minimum absolute atomic E-state index is 0.00942. The highest BCUT2D eigenvalue weighted by molar-refractivity contribution is 5.99. The van der Waals surface area contributed by atoms with Gasteiger partial charge >= 0.3 is 0 Å². The van der Waals surface area contributed by atoms with Gasteiger partial charge in [-0.25, -0.2) is 4.68 Å². The first-order valence-corrected chi connectivity index (χ1v) is 8.69. The van der Waals surface area contributed by atoms with E-state index in [1.54, 1.807) is 36.9 Å². The van der Waals surface area contributed by atoms with Crippen molar-refractivity contribution in [3.8, 4) is 6.07 Å². The van der Waals surface area contributed by atoms with Crippen molar-refractivity contribution in [1.29, 1.82) is 5.26 Å². The standard InChI is InChI=1S/C20H20N4O3/c1-11-7-16-8-15(5-6-18(16)24(11)14(4)25)19(26)10-23-20(27)17(9-21)12(2)13(3)22-23/h5-6,8,11H,7,10H2,1-4H3/t11-/m0/s1. The minimum Gasteiger partial charge on any atom is -0.309 e. The zero-order valence-corrected chi connectivity index (χ0v) is 15.7. The van der Waals surface area contributed by atoms with Gasteiger partial charge in [0.1, 0.15) is 18.2 Å². The number of aryl methyl sites for hydroxylation is 1. The Balaban J connectivity index is 1.93. The van der Waals surface area contributed by atoms with Crippen molar-refractivity contribution in [3.05, 3.63) is 56.5 Å². The molecule has 3 rings (SSSR count). The van der Waals surface area contributed by atoms with Crippen molar-refractivity contribution in [1.82, 2.24) is 9.78 Å². The Kier molecular flexibility index (Phi) is 4.66. The van der Waals surface area contributed by atoms with Gasteiger partial charge in [0.15, 0.2) is 5.78 Å². The number of anilines is 1. The summed E-state index contributed by atoms with van der Waals surface area (Å²) in [4.78, 5) is 38.6. The largest absolute Gasteiger partial charge is 0.309 e. The van der Waals surface area contributed by atoms with Gasteiger partial charge in [-0.1, -0.05) is 0 Å². The van der Waals surface area contributed by atoms with E-state index in [4.69, 9.17) is 0 Å². The molecule has 1 aromatic carbocycles. The van der Waals surface area contributed by atoms with Crippen molar-refractivity contribution in [2.45, 2.75) is 46.7 Å². The van der Waals surface area contributed by atoms with E-state index in [1.807, 2.05) is 13.0 Å². The molecule has 0 fully saturated rings. The number of rotatable bonds is 3. The van der Waals surface area contributed by atoms with E-state index in [0.717, 1.165) is 15.9 Å². The van der Waals surface area contributed by atoms with Crippen LogP contribution in [0.25, 0.3) is 0 Å². The van der Waals surface area contributed by atoms with Gasteiger partial charge in [-0.3, -0.25) is 14.4 Å². The number of nitrogens with zero attached hydrogens (tertiary/aromatic N) is 4. The summed E-state index contributed by atoms with van der Waals surface area (Å²) in [6.45, 7) is 6.61. The third-order valence-electron chi connectivity index (χ3n) is 5.00. The van der Waals surface area contributed by atoms with Crippen LogP contribution in [0.5, 0.6) is 0 Å². The van der Waals surface area contributed by atoms with E-state index >= 15 is 0 Å². The van der Waals surface area contributed by atoms with E-state index in [9.17, 15) is 19.6 Å². The average Bonchev–Trinajstić information content (AvgIpc) is 2.95. The molecule has 0 aliphatic carbocycles. The molecule has 0 spiro atoms. The molecule has 0 N–H and O–H groups in total. The predicted octanol–water partition coefficient (Wildman–Crippen LogP) is 1.91. The van der Waals surface area contributed by atoms with Crippen molar-refractivity contribution >= 4 is 17.4 Å². The Morgan fingerprint density at radius 2 is 2.04 bits per heavy atom. The van der Waals surface area contributed by atoms with Crippen LogP contribution < -0.4 is 10.5 Å². The molecule has 7 nitrogen and oxygen atoms in total. The van der Waals surface area contributed by atoms with Crippen LogP contribution in [-0.2, 0) is 17.8 Å². The summed E-state index contributed by atoms with van der Waals surface area (Å²) in [5, 5.41) is 13.3. The van der Waals surface area contributed by atoms with Gasteiger partial charge < -0.3 is 4.90 Å². The second-order valence-corrected chi connectivity index (χ2v) is 6.87. The van der Waals surface area contributed by atoms with Gasteiger partial charge in [-0.05, 0) is 56.5 Å². The number of hydrogen-bond acceptors (Lipinski definition) is 5. The summed E-state index contributed by atoms with van der Waals surface area (Å²) in [7, 11) is 0. The lowest BCUT2D eigenvalue weighted by atomic mass is 10.0. The van der Waals surface area contributed by atoms with Crippen LogP contribution in [0.15, 0.2) is 23.0 Å². The molecule has 2 aromatic rings. The van der Waals surface area contributed by atoms with Gasteiger partial charge in [-0.15, -0.1) is 0 Å². The fourth-order valence-corrected chi connectivity index (χ4v) is 3.52. The van der Waals surface area contributed by atoms with E-state index in [0.29, 0.717) is 23.2 Å². The molecule has 0 saturated carbocycles. The maximum absolute atomic E-state index is 12.7. The first kappa shape index (κ1) is 18.5. The Morgan fingerprint density at radius 3 is 2.67 bits per heavy atom. The number of carbonyl (C=O) groups excluding carboxylic acids is 2. The molecule has 1 aromatic heterocycles. The Bertz CT molecular complexity index is 1060. The molecule has 1 amide bonds. The molecule has 2 heterocycles. The second-order valence-electron chi connectivity index (χ2n) is 6.87. The summed E-state index contributed by atoms with van der Waals surface area (Å²) in [6.07, 6.45) is 0.677. The van der Waals surface area contributed by atoms with Crippen molar-refractivity contribution in [3.63, 3.8) is 0 Å². The summed E-state index contributed by atoms with van der Waals surface area (Å²) in [5.74, 6) is -0.302. The molecule has 0 radical (unpaired) electrons. The highest BCUT2D eigenvalue weighted by Gasteiger charge is 2.29. The Hall–Kier alpha value is -3.27. The molecule has 0 saturated heterocycles. The van der Waals surface area contributed by atoms with Gasteiger partial charge in [-0.2, -0.15) is 10.4 Å². The summed E-state index contributed by atoms with van der Waals surface area (Å²) >= 11 is 0. The van der Waals surface area contributed by atoms with Crippen LogP contribution >= 0.6 is 0 Å². The fraction of sp³-hybridized carbons (Fsp3) is 0.350. The van der Waals surface area contributed by atoms with E-state index in [2.05, 4.69) is 5.10 Å². The fourth-order valence-electron chi connectivity index (χ4n) is 3.52. The monoisotopic (exact) mass is 364 g/mol. The third kappa shape index (κ3) is 3.14. The normalized spacial score (nSPS) is 15.4. The predicted molar refractivity (Wildman–Crippen MR) is 99.8 cm³/mol. The molecular weight excluding hydrogens is 344 g/mol. The van der Waals surface area contributed by atoms with E-state index in [1.165, 1.54) is 6.92 Å². The summed E-state index contributed by atoms with van der Waals surface area (Å²) in [6, 6.07) is 7.14. The highest BCUT2D eigenvalue weighted by Crippen LogP contribution is 2.33. The van der Waals surface area contributed by atoms with Crippen LogP contribution in [0.3, 0.4) is 0 Å². The molecule has 27 heavy (non-hydrogen) atoms. The van der Waals surface area contributed by atoms with Crippen LogP contribution in [0.2, 0.25) is 0 Å². The van der Waals surface area contributed by atoms with Gasteiger partial charge in [0, 0.05) is 24.2 Å². The molecule has 1 atom stereocenters. The van der Waals surface area contributed by atoms with Crippen molar-refractivity contribution in [2.24, 2.45) is 0 Å². The number of fused-ring (bicyclic) bond motifs is 1. The van der Waals surface area contributed by atoms with Crippen LogP contribution in [0, 0.1) is 25.2 Å². The van der Waals surface area contributed by atoms with Crippen LogP contribution in [-0.4, -0.2) is 27.5 Å². The summed E-state index contributed by atoms with van der Waals surface area (Å²) < 4.78 is 1.04. The second kappa shape index (κ2) is 6.80. The van der Waals surface area contributed by atoms with Gasteiger partial charge in [0.2, 0.25) is 5.91 Å².